The fourth-order valence-electron chi connectivity index (χ4n) is 1.84. The molecule has 0 nitrogen and oxygen atoms in total. The Morgan fingerprint density at radius 3 is 2.47 bits per heavy atom. The highest BCUT2D eigenvalue weighted by molar-refractivity contribution is 5.47. The molecule has 86 valence electrons. The molecule has 2 rings (SSSR count). The van der Waals surface area contributed by atoms with Gasteiger partial charge in [-0.2, -0.15) is 0 Å². The van der Waals surface area contributed by atoms with Crippen LogP contribution in [0.2, 0.25) is 0 Å². The third-order valence-electron chi connectivity index (χ3n) is 2.99. The Morgan fingerprint density at radius 1 is 1.12 bits per heavy atom. The van der Waals surface area contributed by atoms with Crippen LogP contribution in [0.1, 0.15) is 22.3 Å². The summed E-state index contributed by atoms with van der Waals surface area (Å²) in [6, 6.07) is 13.4. The summed E-state index contributed by atoms with van der Waals surface area (Å²) >= 11 is 0. The summed E-state index contributed by atoms with van der Waals surface area (Å²) in [5, 5.41) is 0. The van der Waals surface area contributed by atoms with E-state index in [0.29, 0.717) is 0 Å². The van der Waals surface area contributed by atoms with E-state index < -0.39 is 0 Å². The van der Waals surface area contributed by atoms with Crippen molar-refractivity contribution in [1.82, 2.24) is 0 Å². The second-order valence-corrected chi connectivity index (χ2v) is 4.15. The van der Waals surface area contributed by atoms with Crippen molar-refractivity contribution in [3.05, 3.63) is 77.1 Å². The fourth-order valence-corrected chi connectivity index (χ4v) is 1.84. The number of halogens is 1. The maximum absolute atomic E-state index is 13.4. The van der Waals surface area contributed by atoms with E-state index in [1.165, 1.54) is 11.6 Å². The third kappa shape index (κ3) is 2.62. The number of hydrogen-bond acceptors (Lipinski definition) is 0. The van der Waals surface area contributed by atoms with Crippen molar-refractivity contribution in [2.45, 2.75) is 13.3 Å². The molecule has 0 spiro atoms. The summed E-state index contributed by atoms with van der Waals surface area (Å²) in [5.41, 5.74) is 4.06. The summed E-state index contributed by atoms with van der Waals surface area (Å²) in [6.45, 7) is 5.54. The molecule has 17 heavy (non-hydrogen) atoms. The molecule has 0 amide bonds. The van der Waals surface area contributed by atoms with Crippen LogP contribution in [0.4, 0.5) is 4.39 Å². The summed E-state index contributed by atoms with van der Waals surface area (Å²) in [7, 11) is 0. The molecule has 0 N–H and O–H groups in total. The van der Waals surface area contributed by atoms with Gasteiger partial charge in [0, 0.05) is 0 Å². The lowest BCUT2D eigenvalue weighted by atomic mass is 9.99. The molecule has 0 radical (unpaired) electrons. The molecule has 0 aromatic heterocycles. The van der Waals surface area contributed by atoms with Crippen LogP contribution in [0.15, 0.2) is 49.0 Å². The Kier molecular flexibility index (Phi) is 3.38. The summed E-state index contributed by atoms with van der Waals surface area (Å²) in [6.07, 6.45) is 2.58. The van der Waals surface area contributed by atoms with Crippen molar-refractivity contribution < 1.29 is 4.39 Å². The standard InChI is InChI=1S/C16H15F/c1-3-13-7-9-14(10-8-13)11-15-5-4-6-16(17)12(15)2/h3-10H,1,11H2,2H3. The van der Waals surface area contributed by atoms with E-state index in [1.54, 1.807) is 6.07 Å². The molecular formula is C16H15F. The molecule has 0 fully saturated rings. The Balaban J connectivity index is 2.25. The van der Waals surface area contributed by atoms with Gasteiger partial charge < -0.3 is 0 Å². The number of benzene rings is 2. The van der Waals surface area contributed by atoms with Crippen LogP contribution in [-0.4, -0.2) is 0 Å². The first-order valence-electron chi connectivity index (χ1n) is 5.66. The van der Waals surface area contributed by atoms with Crippen molar-refractivity contribution >= 4 is 6.08 Å². The average molecular weight is 226 g/mol. The molecular weight excluding hydrogens is 211 g/mol. The van der Waals surface area contributed by atoms with Crippen LogP contribution in [-0.2, 0) is 6.42 Å². The zero-order valence-corrected chi connectivity index (χ0v) is 9.91. The van der Waals surface area contributed by atoms with Crippen LogP contribution < -0.4 is 0 Å². The van der Waals surface area contributed by atoms with Gasteiger partial charge in [-0.15, -0.1) is 0 Å². The quantitative estimate of drug-likeness (QED) is 0.729. The normalized spacial score (nSPS) is 10.2. The summed E-state index contributed by atoms with van der Waals surface area (Å²) in [4.78, 5) is 0. The van der Waals surface area contributed by atoms with Gasteiger partial charge in [-0.3, -0.25) is 0 Å². The van der Waals surface area contributed by atoms with Crippen molar-refractivity contribution in [3.8, 4) is 0 Å². The van der Waals surface area contributed by atoms with Crippen LogP contribution in [0, 0.1) is 12.7 Å². The lowest BCUT2D eigenvalue weighted by molar-refractivity contribution is 0.616. The molecule has 0 heterocycles. The van der Waals surface area contributed by atoms with Crippen molar-refractivity contribution in [3.63, 3.8) is 0 Å². The Bertz CT molecular complexity index is 524. The maximum atomic E-state index is 13.4. The van der Waals surface area contributed by atoms with E-state index in [1.807, 2.05) is 31.2 Å². The highest BCUT2D eigenvalue weighted by Crippen LogP contribution is 2.17. The van der Waals surface area contributed by atoms with Crippen molar-refractivity contribution in [2.24, 2.45) is 0 Å². The van der Waals surface area contributed by atoms with Gasteiger partial charge in [-0.05, 0) is 41.7 Å². The molecule has 0 atom stereocenters. The minimum atomic E-state index is -0.134. The van der Waals surface area contributed by atoms with Gasteiger partial charge in [0.15, 0.2) is 0 Å². The first-order chi connectivity index (χ1) is 8.20. The fraction of sp³-hybridized carbons (Fsp3) is 0.125. The van der Waals surface area contributed by atoms with Crippen LogP contribution in [0.3, 0.4) is 0 Å². The SMILES string of the molecule is C=Cc1ccc(Cc2cccc(F)c2C)cc1. The van der Waals surface area contributed by atoms with Gasteiger partial charge in [0.2, 0.25) is 0 Å². The van der Waals surface area contributed by atoms with Gasteiger partial charge in [-0.1, -0.05) is 49.1 Å². The topological polar surface area (TPSA) is 0 Å². The second kappa shape index (κ2) is 4.96. The van der Waals surface area contributed by atoms with E-state index in [2.05, 4.69) is 18.7 Å². The molecule has 1 heteroatoms. The van der Waals surface area contributed by atoms with Gasteiger partial charge in [0.25, 0.3) is 0 Å². The predicted molar refractivity (Wildman–Crippen MR) is 70.5 cm³/mol. The highest BCUT2D eigenvalue weighted by atomic mass is 19.1. The first kappa shape index (κ1) is 11.6. The van der Waals surface area contributed by atoms with E-state index >= 15 is 0 Å². The number of rotatable bonds is 3. The molecule has 0 aliphatic carbocycles. The van der Waals surface area contributed by atoms with E-state index in [9.17, 15) is 4.39 Å². The maximum Gasteiger partial charge on any atom is 0.126 e. The zero-order chi connectivity index (χ0) is 12.3. The number of hydrogen-bond donors (Lipinski definition) is 0. The lowest BCUT2D eigenvalue weighted by Gasteiger charge is -2.07. The smallest absolute Gasteiger partial charge is 0.126 e. The largest absolute Gasteiger partial charge is 0.207 e. The van der Waals surface area contributed by atoms with Crippen LogP contribution >= 0.6 is 0 Å². The third-order valence-corrected chi connectivity index (χ3v) is 2.99. The van der Waals surface area contributed by atoms with Gasteiger partial charge in [0.1, 0.15) is 5.82 Å². The highest BCUT2D eigenvalue weighted by Gasteiger charge is 2.04. The first-order valence-corrected chi connectivity index (χ1v) is 5.66. The minimum Gasteiger partial charge on any atom is -0.207 e. The van der Waals surface area contributed by atoms with Crippen molar-refractivity contribution in [2.75, 3.05) is 0 Å². The van der Waals surface area contributed by atoms with Gasteiger partial charge >= 0.3 is 0 Å². The van der Waals surface area contributed by atoms with E-state index in [0.717, 1.165) is 23.1 Å². The minimum absolute atomic E-state index is 0.134. The molecule has 0 aliphatic rings. The molecule has 0 aliphatic heterocycles. The second-order valence-electron chi connectivity index (χ2n) is 4.15. The monoisotopic (exact) mass is 226 g/mol. The van der Waals surface area contributed by atoms with Crippen LogP contribution in [0.25, 0.3) is 6.08 Å². The molecule has 0 saturated heterocycles. The Morgan fingerprint density at radius 2 is 1.82 bits per heavy atom. The van der Waals surface area contributed by atoms with Crippen molar-refractivity contribution in [1.29, 1.82) is 0 Å². The molecule has 2 aromatic carbocycles. The molecule has 0 saturated carbocycles. The van der Waals surface area contributed by atoms with E-state index in [-0.39, 0.29) is 5.82 Å². The van der Waals surface area contributed by atoms with E-state index in [4.69, 9.17) is 0 Å². The summed E-state index contributed by atoms with van der Waals surface area (Å²) in [5.74, 6) is -0.134. The van der Waals surface area contributed by atoms with Gasteiger partial charge in [-0.25, -0.2) is 4.39 Å². The zero-order valence-electron chi connectivity index (χ0n) is 9.91. The average Bonchev–Trinajstić information content (AvgIpc) is 2.36. The van der Waals surface area contributed by atoms with Gasteiger partial charge in [0.05, 0.1) is 0 Å². The predicted octanol–water partition coefficient (Wildman–Crippen LogP) is 4.37. The Labute approximate surface area is 101 Å². The lowest BCUT2D eigenvalue weighted by Crippen LogP contribution is -1.94. The molecule has 0 bridgehead atoms. The Hall–Kier alpha value is -1.89. The van der Waals surface area contributed by atoms with Crippen LogP contribution in [0.5, 0.6) is 0 Å². The molecule has 0 unspecified atom stereocenters. The summed E-state index contributed by atoms with van der Waals surface area (Å²) < 4.78 is 13.4. The molecule has 2 aromatic rings.